The van der Waals surface area contributed by atoms with Crippen molar-refractivity contribution in [2.24, 2.45) is 0 Å². The average molecular weight is 276 g/mol. The highest BCUT2D eigenvalue weighted by atomic mass is 16.5. The molecule has 0 bridgehead atoms. The Morgan fingerprint density at radius 2 is 2.05 bits per heavy atom. The lowest BCUT2D eigenvalue weighted by Gasteiger charge is -2.24. The molecular weight excluding hydrogens is 252 g/mol. The Labute approximate surface area is 121 Å². The Balaban J connectivity index is 1.80. The maximum atomic E-state index is 12.1. The molecule has 0 heterocycles. The lowest BCUT2D eigenvalue weighted by Crippen LogP contribution is -2.37. The van der Waals surface area contributed by atoms with Crippen molar-refractivity contribution in [3.05, 3.63) is 29.8 Å². The molecule has 1 aromatic carbocycles. The van der Waals surface area contributed by atoms with Crippen molar-refractivity contribution in [1.82, 2.24) is 10.2 Å². The number of nitrogens with one attached hydrogen (secondary N) is 1. The third-order valence-electron chi connectivity index (χ3n) is 4.05. The fourth-order valence-electron chi connectivity index (χ4n) is 2.80. The van der Waals surface area contributed by atoms with Gasteiger partial charge in [-0.15, -0.1) is 0 Å². The van der Waals surface area contributed by atoms with E-state index in [4.69, 9.17) is 4.74 Å². The van der Waals surface area contributed by atoms with Crippen LogP contribution >= 0.6 is 0 Å². The molecular formula is C16H24N2O2. The highest BCUT2D eigenvalue weighted by Crippen LogP contribution is 2.22. The van der Waals surface area contributed by atoms with Gasteiger partial charge in [-0.1, -0.05) is 25.0 Å². The number of ether oxygens (including phenoxy) is 1. The zero-order chi connectivity index (χ0) is 14.4. The monoisotopic (exact) mass is 276 g/mol. The first kappa shape index (κ1) is 14.9. The van der Waals surface area contributed by atoms with Crippen LogP contribution in [0, 0.1) is 0 Å². The van der Waals surface area contributed by atoms with Gasteiger partial charge in [-0.25, -0.2) is 0 Å². The summed E-state index contributed by atoms with van der Waals surface area (Å²) in [6, 6.07) is 8.00. The van der Waals surface area contributed by atoms with Crippen molar-refractivity contribution in [1.29, 1.82) is 0 Å². The van der Waals surface area contributed by atoms with E-state index in [0.29, 0.717) is 23.9 Å². The van der Waals surface area contributed by atoms with Gasteiger partial charge >= 0.3 is 0 Å². The number of nitrogens with zero attached hydrogens (tertiary/aromatic N) is 1. The number of hydrogen-bond acceptors (Lipinski definition) is 3. The van der Waals surface area contributed by atoms with Crippen molar-refractivity contribution >= 4 is 5.91 Å². The van der Waals surface area contributed by atoms with Crippen LogP contribution in [0.4, 0.5) is 0 Å². The summed E-state index contributed by atoms with van der Waals surface area (Å²) in [6.45, 7) is 1.56. The van der Waals surface area contributed by atoms with Gasteiger partial charge in [0.05, 0.1) is 12.7 Å². The highest BCUT2D eigenvalue weighted by molar-refractivity contribution is 5.96. The zero-order valence-electron chi connectivity index (χ0n) is 12.4. The Kier molecular flexibility index (Phi) is 5.41. The Morgan fingerprint density at radius 3 is 2.75 bits per heavy atom. The number of benzene rings is 1. The average Bonchev–Trinajstić information content (AvgIpc) is 3.01. The number of carbonyl (C=O) groups excluding carboxylic acids is 1. The zero-order valence-corrected chi connectivity index (χ0v) is 12.4. The summed E-state index contributed by atoms with van der Waals surface area (Å²) in [5, 5.41) is 2.97. The first-order valence-electron chi connectivity index (χ1n) is 7.34. The summed E-state index contributed by atoms with van der Waals surface area (Å²) in [7, 11) is 3.73. The second-order valence-corrected chi connectivity index (χ2v) is 5.38. The quantitative estimate of drug-likeness (QED) is 0.867. The van der Waals surface area contributed by atoms with Gasteiger partial charge in [0, 0.05) is 19.1 Å². The number of carbonyl (C=O) groups is 1. The van der Waals surface area contributed by atoms with E-state index >= 15 is 0 Å². The van der Waals surface area contributed by atoms with Gasteiger partial charge in [0.1, 0.15) is 5.75 Å². The second kappa shape index (κ2) is 7.29. The molecule has 1 aliphatic rings. The lowest BCUT2D eigenvalue weighted by molar-refractivity contribution is 0.0944. The molecule has 0 spiro atoms. The third-order valence-corrected chi connectivity index (χ3v) is 4.05. The number of amides is 1. The van der Waals surface area contributed by atoms with E-state index in [2.05, 4.69) is 17.3 Å². The molecule has 110 valence electrons. The summed E-state index contributed by atoms with van der Waals surface area (Å²) in [5.74, 6) is 0.552. The minimum absolute atomic E-state index is 0.0673. The summed E-state index contributed by atoms with van der Waals surface area (Å²) < 4.78 is 5.20. The van der Waals surface area contributed by atoms with Crippen LogP contribution in [-0.2, 0) is 0 Å². The Bertz CT molecular complexity index is 442. The molecule has 1 N–H and O–H groups in total. The van der Waals surface area contributed by atoms with Gasteiger partial charge in [-0.05, 0) is 32.0 Å². The SMILES string of the molecule is COc1ccccc1C(=O)NCCN(C)C1CCCC1. The Morgan fingerprint density at radius 1 is 1.35 bits per heavy atom. The number of methoxy groups -OCH3 is 1. The number of hydrogen-bond donors (Lipinski definition) is 1. The second-order valence-electron chi connectivity index (χ2n) is 5.38. The highest BCUT2D eigenvalue weighted by Gasteiger charge is 2.19. The van der Waals surface area contributed by atoms with Crippen LogP contribution in [0.25, 0.3) is 0 Å². The topological polar surface area (TPSA) is 41.6 Å². The van der Waals surface area contributed by atoms with Gasteiger partial charge in [0.25, 0.3) is 5.91 Å². The molecule has 0 atom stereocenters. The van der Waals surface area contributed by atoms with Gasteiger partial charge in [-0.2, -0.15) is 0 Å². The van der Waals surface area contributed by atoms with Crippen molar-refractivity contribution in [3.63, 3.8) is 0 Å². The van der Waals surface area contributed by atoms with Crippen LogP contribution in [0.5, 0.6) is 5.75 Å². The van der Waals surface area contributed by atoms with Crippen molar-refractivity contribution < 1.29 is 9.53 Å². The third kappa shape index (κ3) is 3.73. The molecule has 20 heavy (non-hydrogen) atoms. The van der Waals surface area contributed by atoms with E-state index in [1.807, 2.05) is 12.1 Å². The van der Waals surface area contributed by atoms with Gasteiger partial charge in [-0.3, -0.25) is 4.79 Å². The predicted octanol–water partition coefficient (Wildman–Crippen LogP) is 2.30. The minimum atomic E-state index is -0.0673. The van der Waals surface area contributed by atoms with E-state index in [-0.39, 0.29) is 5.91 Å². The fourth-order valence-corrected chi connectivity index (χ4v) is 2.80. The van der Waals surface area contributed by atoms with Crippen LogP contribution < -0.4 is 10.1 Å². The first-order valence-corrected chi connectivity index (χ1v) is 7.34. The van der Waals surface area contributed by atoms with E-state index in [9.17, 15) is 4.79 Å². The number of likely N-dealkylation sites (N-methyl/N-ethyl adjacent to an activating group) is 1. The molecule has 0 unspecified atom stereocenters. The van der Waals surface area contributed by atoms with Crippen LogP contribution in [0.15, 0.2) is 24.3 Å². The molecule has 1 aliphatic carbocycles. The molecule has 1 amide bonds. The van der Waals surface area contributed by atoms with Crippen molar-refractivity contribution in [2.75, 3.05) is 27.2 Å². The fraction of sp³-hybridized carbons (Fsp3) is 0.562. The molecule has 0 radical (unpaired) electrons. The van der Waals surface area contributed by atoms with Crippen molar-refractivity contribution in [2.45, 2.75) is 31.7 Å². The molecule has 0 aromatic heterocycles. The first-order chi connectivity index (χ1) is 9.72. The van der Waals surface area contributed by atoms with Gasteiger partial charge in [0.2, 0.25) is 0 Å². The maximum Gasteiger partial charge on any atom is 0.255 e. The van der Waals surface area contributed by atoms with Crippen LogP contribution in [0.2, 0.25) is 0 Å². The molecule has 4 nitrogen and oxygen atoms in total. The lowest BCUT2D eigenvalue weighted by atomic mass is 10.2. The van der Waals surface area contributed by atoms with Crippen LogP contribution in [0.3, 0.4) is 0 Å². The molecule has 1 aromatic rings. The molecule has 2 rings (SSSR count). The summed E-state index contributed by atoms with van der Waals surface area (Å²) in [4.78, 5) is 14.5. The van der Waals surface area contributed by atoms with Crippen molar-refractivity contribution in [3.8, 4) is 5.75 Å². The van der Waals surface area contributed by atoms with Gasteiger partial charge < -0.3 is 15.0 Å². The standard InChI is InChI=1S/C16H24N2O2/c1-18(13-7-3-4-8-13)12-11-17-16(19)14-9-5-6-10-15(14)20-2/h5-6,9-10,13H,3-4,7-8,11-12H2,1-2H3,(H,17,19). The van der Waals surface area contributed by atoms with E-state index in [1.54, 1.807) is 19.2 Å². The smallest absolute Gasteiger partial charge is 0.255 e. The predicted molar refractivity (Wildman–Crippen MR) is 80.2 cm³/mol. The molecule has 1 saturated carbocycles. The number of rotatable bonds is 6. The number of para-hydroxylation sites is 1. The molecule has 1 fully saturated rings. The van der Waals surface area contributed by atoms with E-state index in [0.717, 1.165) is 6.54 Å². The van der Waals surface area contributed by atoms with E-state index < -0.39 is 0 Å². The minimum Gasteiger partial charge on any atom is -0.496 e. The summed E-state index contributed by atoms with van der Waals surface area (Å²) in [6.07, 6.45) is 5.25. The van der Waals surface area contributed by atoms with Crippen LogP contribution in [0.1, 0.15) is 36.0 Å². The van der Waals surface area contributed by atoms with Gasteiger partial charge in [0.15, 0.2) is 0 Å². The van der Waals surface area contributed by atoms with Crippen LogP contribution in [-0.4, -0.2) is 44.1 Å². The molecule has 0 saturated heterocycles. The maximum absolute atomic E-state index is 12.1. The summed E-state index contributed by atoms with van der Waals surface area (Å²) >= 11 is 0. The molecule has 0 aliphatic heterocycles. The Hall–Kier alpha value is -1.55. The normalized spacial score (nSPS) is 15.6. The van der Waals surface area contributed by atoms with E-state index in [1.165, 1.54) is 25.7 Å². The molecule has 4 heteroatoms. The summed E-state index contributed by atoms with van der Waals surface area (Å²) in [5.41, 5.74) is 0.596. The largest absolute Gasteiger partial charge is 0.496 e.